The van der Waals surface area contributed by atoms with Gasteiger partial charge in [0.25, 0.3) is 0 Å². The van der Waals surface area contributed by atoms with Gasteiger partial charge in [0, 0.05) is 17.8 Å². The van der Waals surface area contributed by atoms with E-state index in [1.54, 1.807) is 0 Å². The highest BCUT2D eigenvalue weighted by Crippen LogP contribution is 2.15. The van der Waals surface area contributed by atoms with Crippen LogP contribution in [-0.4, -0.2) is 29.5 Å². The van der Waals surface area contributed by atoms with Crippen LogP contribution in [0.25, 0.3) is 0 Å². The molecule has 0 aliphatic carbocycles. The normalized spacial score (nSPS) is 12.9. The largest absolute Gasteiger partial charge is 0.395 e. The number of rotatable bonds is 8. The van der Waals surface area contributed by atoms with Crippen LogP contribution < -0.4 is 5.32 Å². The van der Waals surface area contributed by atoms with Gasteiger partial charge in [-0.15, -0.1) is 0 Å². The first-order valence-electron chi connectivity index (χ1n) is 6.62. The Morgan fingerprint density at radius 3 is 2.72 bits per heavy atom. The molecule has 1 rings (SSSR count). The van der Waals surface area contributed by atoms with Gasteiger partial charge in [0.15, 0.2) is 0 Å². The standard InChI is InChI=1S/C15H25NOS/c1-12(2)16-15(10-17)7-8-18-11-14-6-4-5-13(3)9-14/h4-6,9,12,15-17H,7-8,10-11H2,1-3H3. The number of aliphatic hydroxyl groups is 1. The van der Waals surface area contributed by atoms with E-state index in [0.29, 0.717) is 6.04 Å². The van der Waals surface area contributed by atoms with Gasteiger partial charge in [-0.1, -0.05) is 43.7 Å². The fourth-order valence-corrected chi connectivity index (χ4v) is 2.93. The van der Waals surface area contributed by atoms with Crippen LogP contribution >= 0.6 is 11.8 Å². The van der Waals surface area contributed by atoms with Crippen LogP contribution in [0.5, 0.6) is 0 Å². The molecule has 3 heteroatoms. The SMILES string of the molecule is Cc1cccc(CSCCC(CO)NC(C)C)c1. The second-order valence-corrected chi connectivity index (χ2v) is 6.14. The van der Waals surface area contributed by atoms with Gasteiger partial charge in [0.2, 0.25) is 0 Å². The van der Waals surface area contributed by atoms with Gasteiger partial charge in [-0.2, -0.15) is 11.8 Å². The van der Waals surface area contributed by atoms with Crippen molar-refractivity contribution in [1.29, 1.82) is 0 Å². The summed E-state index contributed by atoms with van der Waals surface area (Å²) in [6.45, 7) is 6.58. The van der Waals surface area contributed by atoms with E-state index in [4.69, 9.17) is 0 Å². The average molecular weight is 267 g/mol. The third kappa shape index (κ3) is 6.43. The van der Waals surface area contributed by atoms with Gasteiger partial charge < -0.3 is 10.4 Å². The molecule has 2 nitrogen and oxygen atoms in total. The van der Waals surface area contributed by atoms with E-state index in [0.717, 1.165) is 17.9 Å². The van der Waals surface area contributed by atoms with E-state index in [2.05, 4.69) is 50.4 Å². The number of aryl methyl sites for hydroxylation is 1. The lowest BCUT2D eigenvalue weighted by molar-refractivity contribution is 0.232. The van der Waals surface area contributed by atoms with Crippen LogP contribution in [0.3, 0.4) is 0 Å². The van der Waals surface area contributed by atoms with Crippen molar-refractivity contribution < 1.29 is 5.11 Å². The topological polar surface area (TPSA) is 32.3 Å². The minimum Gasteiger partial charge on any atom is -0.395 e. The molecule has 102 valence electrons. The molecule has 0 radical (unpaired) electrons. The van der Waals surface area contributed by atoms with Crippen molar-refractivity contribution >= 4 is 11.8 Å². The summed E-state index contributed by atoms with van der Waals surface area (Å²) in [6, 6.07) is 9.32. The second-order valence-electron chi connectivity index (χ2n) is 5.03. The van der Waals surface area contributed by atoms with Crippen LogP contribution in [0.2, 0.25) is 0 Å². The minimum absolute atomic E-state index is 0.225. The fraction of sp³-hybridized carbons (Fsp3) is 0.600. The summed E-state index contributed by atoms with van der Waals surface area (Å²) in [7, 11) is 0. The molecule has 18 heavy (non-hydrogen) atoms. The maximum Gasteiger partial charge on any atom is 0.0585 e. The third-order valence-corrected chi connectivity index (χ3v) is 3.81. The van der Waals surface area contributed by atoms with Crippen LogP contribution in [0.1, 0.15) is 31.4 Å². The highest BCUT2D eigenvalue weighted by Gasteiger charge is 2.07. The fourth-order valence-electron chi connectivity index (χ4n) is 1.92. The number of benzene rings is 1. The Morgan fingerprint density at radius 2 is 2.11 bits per heavy atom. The molecule has 1 unspecified atom stereocenters. The molecule has 0 heterocycles. The summed E-state index contributed by atoms with van der Waals surface area (Å²) in [5.41, 5.74) is 2.71. The summed E-state index contributed by atoms with van der Waals surface area (Å²) in [6.07, 6.45) is 1.02. The Balaban J connectivity index is 2.21. The highest BCUT2D eigenvalue weighted by atomic mass is 32.2. The average Bonchev–Trinajstić information content (AvgIpc) is 2.32. The predicted molar refractivity (Wildman–Crippen MR) is 81.1 cm³/mol. The predicted octanol–water partition coefficient (Wildman–Crippen LogP) is 2.98. The zero-order valence-corrected chi connectivity index (χ0v) is 12.5. The van der Waals surface area contributed by atoms with E-state index in [-0.39, 0.29) is 12.6 Å². The molecule has 0 bridgehead atoms. The van der Waals surface area contributed by atoms with Gasteiger partial charge in [0.1, 0.15) is 0 Å². The maximum atomic E-state index is 9.26. The Morgan fingerprint density at radius 1 is 1.33 bits per heavy atom. The maximum absolute atomic E-state index is 9.26. The van der Waals surface area contributed by atoms with E-state index < -0.39 is 0 Å². The van der Waals surface area contributed by atoms with Crippen LogP contribution in [-0.2, 0) is 5.75 Å². The van der Waals surface area contributed by atoms with Crippen molar-refractivity contribution in [3.05, 3.63) is 35.4 Å². The van der Waals surface area contributed by atoms with Crippen molar-refractivity contribution in [3.63, 3.8) is 0 Å². The number of hydrogen-bond acceptors (Lipinski definition) is 3. The molecule has 1 aromatic rings. The molecular formula is C15H25NOS. The van der Waals surface area contributed by atoms with Crippen molar-refractivity contribution in [2.45, 2.75) is 45.0 Å². The number of hydrogen-bond donors (Lipinski definition) is 2. The van der Waals surface area contributed by atoms with Crippen LogP contribution in [0.4, 0.5) is 0 Å². The lowest BCUT2D eigenvalue weighted by Gasteiger charge is -2.18. The van der Waals surface area contributed by atoms with Gasteiger partial charge >= 0.3 is 0 Å². The lowest BCUT2D eigenvalue weighted by Crippen LogP contribution is -2.37. The van der Waals surface area contributed by atoms with E-state index in [9.17, 15) is 5.11 Å². The molecular weight excluding hydrogens is 242 g/mol. The molecule has 0 amide bonds. The first kappa shape index (κ1) is 15.5. The van der Waals surface area contributed by atoms with Crippen molar-refractivity contribution in [1.82, 2.24) is 5.32 Å². The number of thioether (sulfide) groups is 1. The lowest BCUT2D eigenvalue weighted by atomic mass is 10.2. The van der Waals surface area contributed by atoms with Crippen LogP contribution in [0.15, 0.2) is 24.3 Å². The molecule has 1 atom stereocenters. The smallest absolute Gasteiger partial charge is 0.0585 e. The third-order valence-electron chi connectivity index (χ3n) is 2.75. The second kappa shape index (κ2) is 8.57. The van der Waals surface area contributed by atoms with Gasteiger partial charge in [-0.3, -0.25) is 0 Å². The van der Waals surface area contributed by atoms with Crippen molar-refractivity contribution in [2.75, 3.05) is 12.4 Å². The Hall–Kier alpha value is -0.510. The van der Waals surface area contributed by atoms with Crippen molar-refractivity contribution in [3.8, 4) is 0 Å². The summed E-state index contributed by atoms with van der Waals surface area (Å²) in [4.78, 5) is 0. The van der Waals surface area contributed by atoms with E-state index >= 15 is 0 Å². The molecule has 0 fully saturated rings. The molecule has 0 aliphatic rings. The van der Waals surface area contributed by atoms with E-state index in [1.807, 2.05) is 11.8 Å². The highest BCUT2D eigenvalue weighted by molar-refractivity contribution is 7.98. The molecule has 0 saturated heterocycles. The zero-order valence-electron chi connectivity index (χ0n) is 11.6. The van der Waals surface area contributed by atoms with Gasteiger partial charge in [0.05, 0.1) is 6.61 Å². The van der Waals surface area contributed by atoms with E-state index in [1.165, 1.54) is 11.1 Å². The number of aliphatic hydroxyl groups excluding tert-OH is 1. The summed E-state index contributed by atoms with van der Waals surface area (Å²) in [5, 5.41) is 12.6. The van der Waals surface area contributed by atoms with Crippen LogP contribution in [0, 0.1) is 6.92 Å². The first-order chi connectivity index (χ1) is 8.61. The molecule has 0 saturated carbocycles. The molecule has 2 N–H and O–H groups in total. The molecule has 1 aromatic carbocycles. The van der Waals surface area contributed by atoms with Gasteiger partial charge in [-0.25, -0.2) is 0 Å². The minimum atomic E-state index is 0.225. The molecule has 0 spiro atoms. The summed E-state index contributed by atoms with van der Waals surface area (Å²) >= 11 is 1.93. The molecule has 0 aromatic heterocycles. The van der Waals surface area contributed by atoms with Crippen molar-refractivity contribution in [2.24, 2.45) is 0 Å². The molecule has 0 aliphatic heterocycles. The summed E-state index contributed by atoms with van der Waals surface area (Å²) < 4.78 is 0. The Bertz CT molecular complexity index is 341. The van der Waals surface area contributed by atoms with Gasteiger partial charge in [-0.05, 0) is 24.7 Å². The number of nitrogens with one attached hydrogen (secondary N) is 1. The monoisotopic (exact) mass is 267 g/mol. The summed E-state index contributed by atoms with van der Waals surface area (Å²) in [5.74, 6) is 2.14. The Kier molecular flexibility index (Phi) is 7.40. The Labute approximate surface area is 115 Å². The quantitative estimate of drug-likeness (QED) is 0.710. The first-order valence-corrected chi connectivity index (χ1v) is 7.77. The zero-order chi connectivity index (χ0) is 13.4.